The first-order valence-electron chi connectivity index (χ1n) is 7.34. The molecule has 0 aliphatic carbocycles. The van der Waals surface area contributed by atoms with Crippen LogP contribution < -0.4 is 5.32 Å². The second kappa shape index (κ2) is 7.82. The molecule has 2 heterocycles. The summed E-state index contributed by atoms with van der Waals surface area (Å²) < 4.78 is 5.02. The minimum absolute atomic E-state index is 0.148. The van der Waals surface area contributed by atoms with E-state index < -0.39 is 0 Å². The monoisotopic (exact) mass is 333 g/mol. The van der Waals surface area contributed by atoms with E-state index >= 15 is 0 Å². The maximum atomic E-state index is 12.2. The van der Waals surface area contributed by atoms with Crippen LogP contribution in [0, 0.1) is 6.92 Å². The van der Waals surface area contributed by atoms with Crippen molar-refractivity contribution in [3.05, 3.63) is 35.0 Å². The molecule has 0 bridgehead atoms. The molecule has 1 N–H and O–H groups in total. The predicted molar refractivity (Wildman–Crippen MR) is 88.3 cm³/mol. The van der Waals surface area contributed by atoms with Crippen LogP contribution in [0.2, 0.25) is 0 Å². The number of carbonyl (C=O) groups excluding carboxylic acids is 2. The first-order valence-corrected chi connectivity index (χ1v) is 8.15. The maximum absolute atomic E-state index is 12.2. The summed E-state index contributed by atoms with van der Waals surface area (Å²) in [6.45, 7) is 5.60. The highest BCUT2D eigenvalue weighted by molar-refractivity contribution is 7.17. The number of thiazole rings is 1. The van der Waals surface area contributed by atoms with Crippen molar-refractivity contribution in [2.75, 3.05) is 6.54 Å². The third-order valence-corrected chi connectivity index (χ3v) is 4.05. The topological polar surface area (TPSA) is 81.2 Å². The average molecular weight is 333 g/mol. The molecule has 0 saturated carbocycles. The Labute approximate surface area is 138 Å². The fraction of sp³-hybridized carbons (Fsp3) is 0.375. The lowest BCUT2D eigenvalue weighted by Crippen LogP contribution is -2.27. The third kappa shape index (κ3) is 4.85. The number of nitrogens with one attached hydrogen (secondary N) is 1. The Morgan fingerprint density at radius 1 is 1.35 bits per heavy atom. The van der Waals surface area contributed by atoms with Crippen LogP contribution in [0.25, 0.3) is 10.7 Å². The molecule has 0 saturated heterocycles. The molecule has 2 rings (SSSR count). The highest BCUT2D eigenvalue weighted by Gasteiger charge is 2.17. The lowest BCUT2D eigenvalue weighted by Gasteiger charge is -2.08. The minimum atomic E-state index is -0.324. The van der Waals surface area contributed by atoms with Crippen LogP contribution in [-0.2, 0) is 9.53 Å². The summed E-state index contributed by atoms with van der Waals surface area (Å²) in [5.74, 6) is -0.560. The van der Waals surface area contributed by atoms with Gasteiger partial charge in [-0.3, -0.25) is 14.6 Å². The smallest absolute Gasteiger partial charge is 0.307 e. The number of hydrogen-bond acceptors (Lipinski definition) is 6. The summed E-state index contributed by atoms with van der Waals surface area (Å²) in [6, 6.07) is 5.55. The van der Waals surface area contributed by atoms with E-state index in [2.05, 4.69) is 15.3 Å². The van der Waals surface area contributed by atoms with Gasteiger partial charge < -0.3 is 10.1 Å². The molecule has 23 heavy (non-hydrogen) atoms. The van der Waals surface area contributed by atoms with E-state index in [9.17, 15) is 9.59 Å². The number of ether oxygens (including phenoxy) is 1. The molecule has 0 aliphatic rings. The van der Waals surface area contributed by atoms with Gasteiger partial charge in [0, 0.05) is 12.7 Å². The van der Waals surface area contributed by atoms with Crippen LogP contribution in [-0.4, -0.2) is 34.5 Å². The van der Waals surface area contributed by atoms with Crippen molar-refractivity contribution in [3.8, 4) is 10.7 Å². The fourth-order valence-corrected chi connectivity index (χ4v) is 2.85. The van der Waals surface area contributed by atoms with E-state index in [0.29, 0.717) is 15.6 Å². The number of esters is 1. The standard InChI is InChI=1S/C16H19N3O3S/c1-10(2)22-13(20)7-9-18-15(21)14-11(3)19-16(23-14)12-6-4-5-8-17-12/h4-6,8,10H,7,9H2,1-3H3,(H,18,21). The lowest BCUT2D eigenvalue weighted by atomic mass is 10.3. The van der Waals surface area contributed by atoms with Gasteiger partial charge in [0.1, 0.15) is 9.88 Å². The van der Waals surface area contributed by atoms with Crippen molar-refractivity contribution in [1.82, 2.24) is 15.3 Å². The van der Waals surface area contributed by atoms with Crippen LogP contribution in [0.15, 0.2) is 24.4 Å². The second-order valence-electron chi connectivity index (χ2n) is 5.19. The summed E-state index contributed by atoms with van der Waals surface area (Å²) >= 11 is 1.29. The van der Waals surface area contributed by atoms with Crippen LogP contribution in [0.1, 0.15) is 35.6 Å². The molecule has 0 aromatic carbocycles. The third-order valence-electron chi connectivity index (χ3n) is 2.87. The molecule has 0 radical (unpaired) electrons. The van der Waals surface area contributed by atoms with Gasteiger partial charge in [0.25, 0.3) is 5.91 Å². The van der Waals surface area contributed by atoms with E-state index in [1.165, 1.54) is 11.3 Å². The number of hydrogen-bond donors (Lipinski definition) is 1. The Balaban J connectivity index is 1.95. The summed E-state index contributed by atoms with van der Waals surface area (Å²) in [7, 11) is 0. The Bertz CT molecular complexity index is 683. The van der Waals surface area contributed by atoms with Crippen LogP contribution >= 0.6 is 11.3 Å². The summed E-state index contributed by atoms with van der Waals surface area (Å²) in [6.07, 6.45) is 1.68. The Kier molecular flexibility index (Phi) is 5.81. The van der Waals surface area contributed by atoms with Gasteiger partial charge in [-0.05, 0) is 32.9 Å². The van der Waals surface area contributed by atoms with E-state index in [0.717, 1.165) is 5.69 Å². The van der Waals surface area contributed by atoms with E-state index in [1.54, 1.807) is 27.0 Å². The van der Waals surface area contributed by atoms with Crippen molar-refractivity contribution in [2.24, 2.45) is 0 Å². The summed E-state index contributed by atoms with van der Waals surface area (Å²) in [5, 5.41) is 3.42. The first kappa shape index (κ1) is 17.1. The summed E-state index contributed by atoms with van der Waals surface area (Å²) in [5.41, 5.74) is 1.39. The number of pyridine rings is 1. The van der Waals surface area contributed by atoms with Crippen LogP contribution in [0.4, 0.5) is 0 Å². The molecule has 0 atom stereocenters. The van der Waals surface area contributed by atoms with E-state index in [4.69, 9.17) is 4.74 Å². The molecule has 2 aromatic heterocycles. The Hall–Kier alpha value is -2.28. The molecule has 6 nitrogen and oxygen atoms in total. The van der Waals surface area contributed by atoms with Gasteiger partial charge in [0.05, 0.1) is 23.9 Å². The van der Waals surface area contributed by atoms with Crippen molar-refractivity contribution >= 4 is 23.2 Å². The fourth-order valence-electron chi connectivity index (χ4n) is 1.89. The Morgan fingerprint density at radius 3 is 2.78 bits per heavy atom. The van der Waals surface area contributed by atoms with Gasteiger partial charge in [0.15, 0.2) is 0 Å². The zero-order valence-electron chi connectivity index (χ0n) is 13.3. The molecule has 0 unspecified atom stereocenters. The SMILES string of the molecule is Cc1nc(-c2ccccn2)sc1C(=O)NCCC(=O)OC(C)C. The highest BCUT2D eigenvalue weighted by atomic mass is 32.1. The largest absolute Gasteiger partial charge is 0.463 e. The summed E-state index contributed by atoms with van der Waals surface area (Å²) in [4.78, 5) is 32.8. The number of rotatable bonds is 6. The predicted octanol–water partition coefficient (Wildman–Crippen LogP) is 2.59. The van der Waals surface area contributed by atoms with Gasteiger partial charge in [-0.25, -0.2) is 4.98 Å². The maximum Gasteiger partial charge on any atom is 0.307 e. The lowest BCUT2D eigenvalue weighted by molar-refractivity contribution is -0.147. The molecule has 7 heteroatoms. The van der Waals surface area contributed by atoms with Crippen LogP contribution in [0.3, 0.4) is 0 Å². The van der Waals surface area contributed by atoms with Gasteiger partial charge in [-0.15, -0.1) is 11.3 Å². The van der Waals surface area contributed by atoms with Crippen molar-refractivity contribution in [2.45, 2.75) is 33.3 Å². The molecular formula is C16H19N3O3S. The average Bonchev–Trinajstić information content (AvgIpc) is 2.89. The number of aryl methyl sites for hydroxylation is 1. The second-order valence-corrected chi connectivity index (χ2v) is 6.19. The Morgan fingerprint density at radius 2 is 2.13 bits per heavy atom. The molecule has 0 spiro atoms. The van der Waals surface area contributed by atoms with Gasteiger partial charge in [-0.1, -0.05) is 6.07 Å². The number of aromatic nitrogens is 2. The van der Waals surface area contributed by atoms with Gasteiger partial charge in [-0.2, -0.15) is 0 Å². The van der Waals surface area contributed by atoms with E-state index in [1.807, 2.05) is 18.2 Å². The number of amides is 1. The first-order chi connectivity index (χ1) is 11.0. The molecule has 2 aromatic rings. The molecule has 122 valence electrons. The van der Waals surface area contributed by atoms with Crippen molar-refractivity contribution in [1.29, 1.82) is 0 Å². The van der Waals surface area contributed by atoms with Crippen LogP contribution in [0.5, 0.6) is 0 Å². The zero-order valence-corrected chi connectivity index (χ0v) is 14.1. The number of carbonyl (C=O) groups is 2. The molecular weight excluding hydrogens is 314 g/mol. The zero-order chi connectivity index (χ0) is 16.8. The normalized spacial score (nSPS) is 10.6. The molecule has 0 aliphatic heterocycles. The van der Waals surface area contributed by atoms with Gasteiger partial charge >= 0.3 is 5.97 Å². The van der Waals surface area contributed by atoms with Crippen molar-refractivity contribution in [3.63, 3.8) is 0 Å². The minimum Gasteiger partial charge on any atom is -0.463 e. The van der Waals surface area contributed by atoms with Gasteiger partial charge in [0.2, 0.25) is 0 Å². The quantitative estimate of drug-likeness (QED) is 0.822. The van der Waals surface area contributed by atoms with E-state index in [-0.39, 0.29) is 30.9 Å². The molecule has 0 fully saturated rings. The highest BCUT2D eigenvalue weighted by Crippen LogP contribution is 2.26. The molecule has 1 amide bonds. The van der Waals surface area contributed by atoms with Crippen molar-refractivity contribution < 1.29 is 14.3 Å². The number of nitrogens with zero attached hydrogens (tertiary/aromatic N) is 2.